The van der Waals surface area contributed by atoms with Crippen LogP contribution in [0.2, 0.25) is 0 Å². The first-order valence-electron chi connectivity index (χ1n) is 6.36. The smallest absolute Gasteiger partial charge is 0.148 e. The van der Waals surface area contributed by atoms with Crippen LogP contribution in [0.4, 0.5) is 0 Å². The van der Waals surface area contributed by atoms with Gasteiger partial charge in [-0.1, -0.05) is 18.2 Å². The van der Waals surface area contributed by atoms with E-state index in [-0.39, 0.29) is 22.8 Å². The molecule has 0 bridgehead atoms. The number of hydrogen-bond acceptors (Lipinski definition) is 5. The third kappa shape index (κ3) is 3.59. The Morgan fingerprint density at radius 1 is 1.40 bits per heavy atom. The van der Waals surface area contributed by atoms with Crippen LogP contribution in [0.25, 0.3) is 0 Å². The first kappa shape index (κ1) is 15.5. The fraction of sp³-hybridized carbons (Fsp3) is 0.538. The monoisotopic (exact) mass is 317 g/mol. The molecule has 0 aliphatic carbocycles. The molecule has 1 N–H and O–H groups in total. The number of sulfone groups is 1. The molecule has 1 heterocycles. The highest BCUT2D eigenvalue weighted by Crippen LogP contribution is 2.33. The van der Waals surface area contributed by atoms with E-state index in [0.717, 1.165) is 17.6 Å². The van der Waals surface area contributed by atoms with Gasteiger partial charge in [-0.25, -0.2) is 8.42 Å². The van der Waals surface area contributed by atoms with E-state index in [0.29, 0.717) is 6.61 Å². The van der Waals surface area contributed by atoms with Crippen molar-refractivity contribution in [3.05, 3.63) is 29.8 Å². The molecular weight excluding hydrogens is 298 g/mol. The summed E-state index contributed by atoms with van der Waals surface area (Å²) in [5, 5.41) is 2.93. The zero-order chi connectivity index (χ0) is 14.8. The molecule has 0 spiro atoms. The lowest BCUT2D eigenvalue weighted by atomic mass is 10.0. The number of fused-ring (bicyclic) bond motifs is 1. The van der Waals surface area contributed by atoms with Crippen molar-refractivity contribution in [3.63, 3.8) is 0 Å². The van der Waals surface area contributed by atoms with Crippen LogP contribution in [0.3, 0.4) is 0 Å². The fourth-order valence-corrected chi connectivity index (χ4v) is 5.27. The summed E-state index contributed by atoms with van der Waals surface area (Å²) in [4.78, 5) is 0. The normalized spacial score (nSPS) is 23.7. The van der Waals surface area contributed by atoms with Gasteiger partial charge in [0.05, 0.1) is 17.0 Å². The van der Waals surface area contributed by atoms with Gasteiger partial charge in [-0.05, 0) is 13.1 Å². The summed E-state index contributed by atoms with van der Waals surface area (Å²) >= 11 is 0. The predicted octanol–water partition coefficient (Wildman–Crippen LogP) is 0.501. The van der Waals surface area contributed by atoms with Gasteiger partial charge in [0, 0.05) is 28.4 Å². The second kappa shape index (κ2) is 6.24. The summed E-state index contributed by atoms with van der Waals surface area (Å²) in [6.07, 6.45) is 1.16. The molecule has 0 amide bonds. The van der Waals surface area contributed by atoms with Crippen molar-refractivity contribution in [2.75, 3.05) is 31.4 Å². The van der Waals surface area contributed by atoms with Crippen LogP contribution in [0.5, 0.6) is 5.75 Å². The van der Waals surface area contributed by atoms with Crippen LogP contribution in [-0.2, 0) is 20.6 Å². The Hall–Kier alpha value is -0.920. The predicted molar refractivity (Wildman–Crippen MR) is 80.2 cm³/mol. The number of hydrogen-bond donors (Lipinski definition) is 1. The van der Waals surface area contributed by atoms with Crippen molar-refractivity contribution < 1.29 is 17.4 Å². The number of para-hydroxylation sites is 1. The molecule has 0 radical (unpaired) electrons. The SMILES string of the molecule is CNC1c2ccccc2OCC1S(=O)CCS(C)(=O)=O. The molecule has 112 valence electrons. The zero-order valence-corrected chi connectivity index (χ0v) is 13.2. The third-order valence-corrected chi connectivity index (χ3v) is 6.23. The minimum absolute atomic E-state index is 0.0613. The maximum absolute atomic E-state index is 12.4. The van der Waals surface area contributed by atoms with Crippen LogP contribution >= 0.6 is 0 Å². The second-order valence-corrected chi connectivity index (χ2v) is 8.90. The molecule has 3 unspecified atom stereocenters. The average molecular weight is 317 g/mol. The number of nitrogens with one attached hydrogen (secondary N) is 1. The van der Waals surface area contributed by atoms with Gasteiger partial charge in [-0.3, -0.25) is 4.21 Å². The van der Waals surface area contributed by atoms with Crippen molar-refractivity contribution in [2.45, 2.75) is 11.3 Å². The molecule has 1 aliphatic heterocycles. The van der Waals surface area contributed by atoms with Gasteiger partial charge in [0.2, 0.25) is 0 Å². The third-order valence-electron chi connectivity index (χ3n) is 3.33. The Kier molecular flexibility index (Phi) is 4.82. The Morgan fingerprint density at radius 3 is 2.75 bits per heavy atom. The largest absolute Gasteiger partial charge is 0.492 e. The van der Waals surface area contributed by atoms with Gasteiger partial charge in [-0.2, -0.15) is 0 Å². The van der Waals surface area contributed by atoms with E-state index in [1.165, 1.54) is 0 Å². The summed E-state index contributed by atoms with van der Waals surface area (Å²) in [6, 6.07) is 7.55. The first-order valence-corrected chi connectivity index (χ1v) is 9.80. The van der Waals surface area contributed by atoms with Crippen LogP contribution in [0, 0.1) is 0 Å². The van der Waals surface area contributed by atoms with Crippen molar-refractivity contribution >= 4 is 20.6 Å². The van der Waals surface area contributed by atoms with Crippen molar-refractivity contribution in [1.29, 1.82) is 0 Å². The lowest BCUT2D eigenvalue weighted by molar-refractivity contribution is 0.262. The molecule has 3 atom stereocenters. The van der Waals surface area contributed by atoms with Gasteiger partial charge in [-0.15, -0.1) is 0 Å². The lowest BCUT2D eigenvalue weighted by Crippen LogP contribution is -2.42. The highest BCUT2D eigenvalue weighted by atomic mass is 32.2. The topological polar surface area (TPSA) is 72.5 Å². The van der Waals surface area contributed by atoms with Crippen LogP contribution < -0.4 is 10.1 Å². The van der Waals surface area contributed by atoms with E-state index in [9.17, 15) is 12.6 Å². The van der Waals surface area contributed by atoms with E-state index < -0.39 is 20.6 Å². The Bertz CT molecular complexity index is 600. The molecule has 0 aromatic heterocycles. The van der Waals surface area contributed by atoms with Crippen LogP contribution in [0.15, 0.2) is 24.3 Å². The van der Waals surface area contributed by atoms with E-state index in [2.05, 4.69) is 5.32 Å². The Labute approximate surface area is 122 Å². The summed E-state index contributed by atoms with van der Waals surface area (Å²) in [5.74, 6) is 0.879. The van der Waals surface area contributed by atoms with E-state index in [1.54, 1.807) is 0 Å². The molecular formula is C13H19NO4S2. The number of ether oxygens (including phenoxy) is 1. The van der Waals surface area contributed by atoms with Gasteiger partial charge < -0.3 is 10.1 Å². The summed E-state index contributed by atoms with van der Waals surface area (Å²) < 4.78 is 40.4. The molecule has 1 aromatic carbocycles. The quantitative estimate of drug-likeness (QED) is 0.856. The Morgan fingerprint density at radius 2 is 2.10 bits per heavy atom. The molecule has 20 heavy (non-hydrogen) atoms. The Balaban J connectivity index is 2.15. The average Bonchev–Trinajstić information content (AvgIpc) is 2.42. The maximum atomic E-state index is 12.4. The molecule has 0 saturated carbocycles. The highest BCUT2D eigenvalue weighted by molar-refractivity contribution is 7.92. The molecule has 0 fully saturated rings. The highest BCUT2D eigenvalue weighted by Gasteiger charge is 2.33. The first-order chi connectivity index (χ1) is 9.42. The van der Waals surface area contributed by atoms with E-state index >= 15 is 0 Å². The van der Waals surface area contributed by atoms with Crippen molar-refractivity contribution in [3.8, 4) is 5.75 Å². The zero-order valence-electron chi connectivity index (χ0n) is 11.5. The molecule has 0 saturated heterocycles. The fourth-order valence-electron chi connectivity index (χ4n) is 2.29. The maximum Gasteiger partial charge on any atom is 0.148 e. The summed E-state index contributed by atoms with van der Waals surface area (Å²) in [7, 11) is -2.54. The van der Waals surface area contributed by atoms with Gasteiger partial charge >= 0.3 is 0 Å². The molecule has 1 aromatic rings. The lowest BCUT2D eigenvalue weighted by Gasteiger charge is -2.32. The minimum Gasteiger partial charge on any atom is -0.492 e. The molecule has 7 heteroatoms. The molecule has 5 nitrogen and oxygen atoms in total. The number of rotatable bonds is 5. The number of benzene rings is 1. The van der Waals surface area contributed by atoms with Crippen molar-refractivity contribution in [1.82, 2.24) is 5.32 Å². The second-order valence-electron chi connectivity index (χ2n) is 4.87. The van der Waals surface area contributed by atoms with E-state index in [4.69, 9.17) is 4.74 Å². The summed E-state index contributed by atoms with van der Waals surface area (Å²) in [5.41, 5.74) is 0.971. The van der Waals surface area contributed by atoms with Crippen LogP contribution in [0.1, 0.15) is 11.6 Å². The van der Waals surface area contributed by atoms with E-state index in [1.807, 2.05) is 31.3 Å². The summed E-state index contributed by atoms with van der Waals surface area (Å²) in [6.45, 7) is 0.332. The van der Waals surface area contributed by atoms with Gasteiger partial charge in [0.1, 0.15) is 22.2 Å². The minimum atomic E-state index is -3.10. The molecule has 2 rings (SSSR count). The van der Waals surface area contributed by atoms with Gasteiger partial charge in [0.25, 0.3) is 0 Å². The van der Waals surface area contributed by atoms with Crippen molar-refractivity contribution in [2.24, 2.45) is 0 Å². The molecule has 1 aliphatic rings. The standard InChI is InChI=1S/C13H19NO4S2/c1-14-13-10-5-3-4-6-11(10)18-9-12(13)19(15)7-8-20(2,16)17/h3-6,12-14H,7-9H2,1-2H3. The van der Waals surface area contributed by atoms with Crippen LogP contribution in [-0.4, -0.2) is 49.3 Å². The van der Waals surface area contributed by atoms with Gasteiger partial charge in [0.15, 0.2) is 0 Å².